The number of nitrogens with one attached hydrogen (secondary N) is 2. The summed E-state index contributed by atoms with van der Waals surface area (Å²) in [4.78, 5) is 18.6. The number of aryl methyl sites for hydroxylation is 2. The topological polar surface area (TPSA) is 92.4 Å². The van der Waals surface area contributed by atoms with Gasteiger partial charge in [0.2, 0.25) is 0 Å². The Balaban J connectivity index is 1.36. The molecular weight excluding hydrogens is 456 g/mol. The maximum atomic E-state index is 6.22. The van der Waals surface area contributed by atoms with Crippen LogP contribution in [0.25, 0.3) is 64.4 Å². The Hall–Kier alpha value is -4.30. The molecule has 3 aromatic carbocycles. The number of nitrogens with zero attached hydrogens (tertiary/aromatic N) is 4. The predicted octanol–water partition coefficient (Wildman–Crippen LogP) is 6.44. The summed E-state index contributed by atoms with van der Waals surface area (Å²) in [5.74, 6) is 2.61. The third-order valence-electron chi connectivity index (χ3n) is 6.80. The molecule has 0 bridgehead atoms. The summed E-state index contributed by atoms with van der Waals surface area (Å²) < 4.78 is 7.37. The molecule has 35 heavy (non-hydrogen) atoms. The van der Waals surface area contributed by atoms with E-state index in [0.29, 0.717) is 6.61 Å². The van der Waals surface area contributed by atoms with Crippen LogP contribution >= 0.6 is 11.3 Å². The van der Waals surface area contributed by atoms with E-state index in [-0.39, 0.29) is 0 Å². The molecule has 1 aliphatic heterocycles. The number of hydrogen-bond acceptors (Lipinski definition) is 6. The average Bonchev–Trinajstić information content (AvgIpc) is 3.59. The molecular formula is C27H18N6OS. The second kappa shape index (κ2) is 6.64. The van der Waals surface area contributed by atoms with Crippen molar-refractivity contribution in [3.8, 4) is 27.4 Å². The van der Waals surface area contributed by atoms with Crippen molar-refractivity contribution in [2.75, 3.05) is 0 Å². The first kappa shape index (κ1) is 19.1. The largest absolute Gasteiger partial charge is 0.485 e. The summed E-state index contributed by atoms with van der Waals surface area (Å²) in [5.41, 5.74) is 6.07. The molecule has 8 rings (SSSR count). The zero-order valence-corrected chi connectivity index (χ0v) is 19.7. The number of hydrogen-bond donors (Lipinski definition) is 2. The van der Waals surface area contributed by atoms with Crippen molar-refractivity contribution in [3.05, 3.63) is 66.1 Å². The van der Waals surface area contributed by atoms with E-state index in [1.54, 1.807) is 11.3 Å². The molecule has 7 nitrogen and oxygen atoms in total. The van der Waals surface area contributed by atoms with Gasteiger partial charge in [-0.3, -0.25) is 5.10 Å². The van der Waals surface area contributed by atoms with Gasteiger partial charge in [-0.2, -0.15) is 5.10 Å². The first-order valence-corrected chi connectivity index (χ1v) is 12.2. The Bertz CT molecular complexity index is 2000. The highest BCUT2D eigenvalue weighted by Crippen LogP contribution is 2.47. The molecule has 0 radical (unpaired) electrons. The Labute approximate surface area is 202 Å². The van der Waals surface area contributed by atoms with Gasteiger partial charge in [-0.15, -0.1) is 11.3 Å². The molecule has 0 unspecified atom stereocenters. The summed E-state index contributed by atoms with van der Waals surface area (Å²) in [6.45, 7) is 4.42. The number of aromatic amines is 2. The van der Waals surface area contributed by atoms with Gasteiger partial charge < -0.3 is 9.72 Å². The van der Waals surface area contributed by atoms with E-state index in [9.17, 15) is 0 Å². The molecule has 8 heteroatoms. The van der Waals surface area contributed by atoms with E-state index in [1.165, 1.54) is 10.3 Å². The summed E-state index contributed by atoms with van der Waals surface area (Å²) >= 11 is 1.76. The second-order valence-electron chi connectivity index (χ2n) is 9.00. The molecule has 0 fully saturated rings. The number of imidazole rings is 2. The molecule has 0 saturated heterocycles. The van der Waals surface area contributed by atoms with Crippen LogP contribution in [0.4, 0.5) is 0 Å². The summed E-state index contributed by atoms with van der Waals surface area (Å²) in [6.07, 6.45) is 3.79. The van der Waals surface area contributed by atoms with E-state index in [4.69, 9.17) is 14.7 Å². The third-order valence-corrected chi connectivity index (χ3v) is 8.00. The van der Waals surface area contributed by atoms with Gasteiger partial charge in [0, 0.05) is 32.8 Å². The van der Waals surface area contributed by atoms with Crippen molar-refractivity contribution in [3.63, 3.8) is 0 Å². The minimum Gasteiger partial charge on any atom is -0.485 e. The van der Waals surface area contributed by atoms with Gasteiger partial charge in [0.15, 0.2) is 0 Å². The van der Waals surface area contributed by atoms with Gasteiger partial charge in [-0.05, 0) is 48.4 Å². The maximum absolute atomic E-state index is 6.22. The van der Waals surface area contributed by atoms with E-state index in [2.05, 4.69) is 56.6 Å². The van der Waals surface area contributed by atoms with Gasteiger partial charge in [0.25, 0.3) is 0 Å². The van der Waals surface area contributed by atoms with Crippen molar-refractivity contribution in [2.24, 2.45) is 0 Å². The van der Waals surface area contributed by atoms with Crippen LogP contribution in [0.3, 0.4) is 0 Å². The zero-order valence-electron chi connectivity index (χ0n) is 18.9. The predicted molar refractivity (Wildman–Crippen MR) is 139 cm³/mol. The van der Waals surface area contributed by atoms with Crippen molar-refractivity contribution in [1.29, 1.82) is 0 Å². The molecule has 0 amide bonds. The fraction of sp³-hybridized carbons (Fsp3) is 0.111. The quantitative estimate of drug-likeness (QED) is 0.267. The summed E-state index contributed by atoms with van der Waals surface area (Å²) in [6, 6.07) is 13.1. The van der Waals surface area contributed by atoms with Crippen LogP contribution in [-0.4, -0.2) is 30.1 Å². The molecule has 168 valence electrons. The zero-order chi connectivity index (χ0) is 23.3. The van der Waals surface area contributed by atoms with E-state index in [0.717, 1.165) is 77.2 Å². The number of aromatic nitrogens is 6. The molecule has 7 aromatic rings. The molecule has 0 aliphatic carbocycles. The van der Waals surface area contributed by atoms with Gasteiger partial charge in [-0.1, -0.05) is 18.2 Å². The van der Waals surface area contributed by atoms with Crippen molar-refractivity contribution in [1.82, 2.24) is 30.1 Å². The standard InChI is InChI=1S/C27H18N6OS/c1-12-30-21-11-34-26-17(23(21)31-12)6-4-15-8-22(35-27(15)26)14-3-5-16-18(7-14)19-9-28-29-10-20(19)25-24(16)32-13(2)33-25/h3-10,28H,11H2,1-2H3,(H,30,31). The number of thiophene rings is 1. The molecule has 0 spiro atoms. The van der Waals surface area contributed by atoms with Crippen LogP contribution in [0.15, 0.2) is 48.8 Å². The van der Waals surface area contributed by atoms with Crippen molar-refractivity contribution in [2.45, 2.75) is 20.5 Å². The van der Waals surface area contributed by atoms with Crippen molar-refractivity contribution < 1.29 is 4.74 Å². The Morgan fingerprint density at radius 2 is 1.80 bits per heavy atom. The number of ether oxygens (including phenoxy) is 1. The minimum absolute atomic E-state index is 0.512. The number of fused-ring (bicyclic) bond motifs is 11. The molecule has 4 aromatic heterocycles. The third kappa shape index (κ3) is 2.60. The molecule has 1 aliphatic rings. The van der Waals surface area contributed by atoms with Crippen LogP contribution < -0.4 is 4.74 Å². The van der Waals surface area contributed by atoms with Gasteiger partial charge in [-0.25, -0.2) is 15.0 Å². The van der Waals surface area contributed by atoms with E-state index >= 15 is 0 Å². The smallest absolute Gasteiger partial charge is 0.147 e. The number of H-pyrrole nitrogens is 2. The highest BCUT2D eigenvalue weighted by atomic mass is 32.1. The highest BCUT2D eigenvalue weighted by Gasteiger charge is 2.24. The van der Waals surface area contributed by atoms with Crippen molar-refractivity contribution >= 4 is 54.0 Å². The van der Waals surface area contributed by atoms with Crippen LogP contribution in [0.2, 0.25) is 0 Å². The summed E-state index contributed by atoms with van der Waals surface area (Å²) in [7, 11) is 0. The lowest BCUT2D eigenvalue weighted by molar-refractivity contribution is 0.302. The molecule has 2 N–H and O–H groups in total. The lowest BCUT2D eigenvalue weighted by Crippen LogP contribution is -2.05. The van der Waals surface area contributed by atoms with E-state index in [1.807, 2.05) is 26.2 Å². The normalized spacial score (nSPS) is 13.0. The average molecular weight is 475 g/mol. The van der Waals surface area contributed by atoms with Gasteiger partial charge in [0.05, 0.1) is 27.8 Å². The molecule has 5 heterocycles. The van der Waals surface area contributed by atoms with Crippen LogP contribution in [0.5, 0.6) is 5.75 Å². The lowest BCUT2D eigenvalue weighted by atomic mass is 9.99. The monoisotopic (exact) mass is 474 g/mol. The fourth-order valence-electron chi connectivity index (χ4n) is 5.28. The van der Waals surface area contributed by atoms with E-state index < -0.39 is 0 Å². The summed E-state index contributed by atoms with van der Waals surface area (Å²) in [5, 5.41) is 12.7. The maximum Gasteiger partial charge on any atom is 0.147 e. The Morgan fingerprint density at radius 1 is 0.914 bits per heavy atom. The van der Waals surface area contributed by atoms with Crippen LogP contribution in [0, 0.1) is 13.8 Å². The number of rotatable bonds is 1. The molecule has 0 atom stereocenters. The first-order chi connectivity index (χ1) is 17.1. The second-order valence-corrected chi connectivity index (χ2v) is 10.0. The highest BCUT2D eigenvalue weighted by molar-refractivity contribution is 7.22. The number of benzene rings is 3. The minimum atomic E-state index is 0.512. The Morgan fingerprint density at radius 3 is 2.71 bits per heavy atom. The van der Waals surface area contributed by atoms with Crippen LogP contribution in [0.1, 0.15) is 17.3 Å². The SMILES string of the molecule is Cc1nc2c3ccc(-c4cc5ccc6c(c5s4)OCc4[nH]c(C)nc4-6)cc3c3c[nH]ncc3c2n1. The fourth-order valence-corrected chi connectivity index (χ4v) is 6.44. The van der Waals surface area contributed by atoms with Crippen LogP contribution in [-0.2, 0) is 6.61 Å². The lowest BCUT2D eigenvalue weighted by Gasteiger charge is -2.17. The van der Waals surface area contributed by atoms with Gasteiger partial charge in [0.1, 0.15) is 29.5 Å². The Kier molecular flexibility index (Phi) is 3.61. The van der Waals surface area contributed by atoms with Gasteiger partial charge >= 0.3 is 0 Å². The molecule has 0 saturated carbocycles. The first-order valence-electron chi connectivity index (χ1n) is 11.4.